The zero-order chi connectivity index (χ0) is 12.8. The molecule has 1 amide bonds. The maximum Gasteiger partial charge on any atom is 0.255 e. The molecule has 2 N–H and O–H groups in total. The van der Waals surface area contributed by atoms with Gasteiger partial charge in [-0.3, -0.25) is 9.78 Å². The number of carbonyl (C=O) groups excluding carboxylic acids is 1. The Bertz CT molecular complexity index is 351. The monoisotopic (exact) mass is 235 g/mol. The first-order valence-corrected chi connectivity index (χ1v) is 5.93. The molecule has 1 aromatic heterocycles. The van der Waals surface area contributed by atoms with E-state index in [4.69, 9.17) is 5.73 Å². The first kappa shape index (κ1) is 13.6. The number of aromatic nitrogens is 1. The number of nitrogens with zero attached hydrogens (tertiary/aromatic N) is 2. The molecule has 1 aromatic rings. The summed E-state index contributed by atoms with van der Waals surface area (Å²) in [5, 5.41) is 0. The highest BCUT2D eigenvalue weighted by atomic mass is 16.2. The minimum absolute atomic E-state index is 0.00550. The van der Waals surface area contributed by atoms with Crippen molar-refractivity contribution in [3.8, 4) is 0 Å². The van der Waals surface area contributed by atoms with Gasteiger partial charge >= 0.3 is 0 Å². The van der Waals surface area contributed by atoms with Crippen molar-refractivity contribution in [2.45, 2.75) is 26.3 Å². The topological polar surface area (TPSA) is 59.2 Å². The van der Waals surface area contributed by atoms with Crippen LogP contribution in [0.4, 0.5) is 0 Å². The fourth-order valence-electron chi connectivity index (χ4n) is 1.49. The van der Waals surface area contributed by atoms with Crippen LogP contribution in [0, 0.1) is 5.92 Å². The van der Waals surface area contributed by atoms with E-state index < -0.39 is 0 Å². The highest BCUT2D eigenvalue weighted by Crippen LogP contribution is 2.06. The van der Waals surface area contributed by atoms with Crippen LogP contribution in [0.1, 0.15) is 30.6 Å². The van der Waals surface area contributed by atoms with Crippen LogP contribution in [0.15, 0.2) is 24.5 Å². The van der Waals surface area contributed by atoms with Crippen molar-refractivity contribution < 1.29 is 4.79 Å². The standard InChI is InChI=1S/C13H21N3O/c1-10(2)12(14)6-8-16(3)13(17)11-5-4-7-15-9-11/h4-5,7,9-10,12H,6,8,14H2,1-3H3. The number of amides is 1. The predicted molar refractivity (Wildman–Crippen MR) is 68.6 cm³/mol. The van der Waals surface area contributed by atoms with Crippen LogP contribution >= 0.6 is 0 Å². The first-order chi connectivity index (χ1) is 8.02. The normalized spacial score (nSPS) is 12.5. The number of nitrogens with two attached hydrogens (primary N) is 1. The molecular formula is C13H21N3O. The minimum Gasteiger partial charge on any atom is -0.342 e. The molecule has 0 aliphatic rings. The van der Waals surface area contributed by atoms with Gasteiger partial charge in [0.15, 0.2) is 0 Å². The number of rotatable bonds is 5. The molecule has 0 aliphatic carbocycles. The quantitative estimate of drug-likeness (QED) is 0.842. The van der Waals surface area contributed by atoms with E-state index in [1.807, 2.05) is 0 Å². The first-order valence-electron chi connectivity index (χ1n) is 5.93. The van der Waals surface area contributed by atoms with Crippen LogP contribution in [0.25, 0.3) is 0 Å². The molecule has 0 spiro atoms. The molecule has 1 atom stereocenters. The fraction of sp³-hybridized carbons (Fsp3) is 0.538. The van der Waals surface area contributed by atoms with Gasteiger partial charge < -0.3 is 10.6 Å². The average Bonchev–Trinajstić information content (AvgIpc) is 2.35. The third kappa shape index (κ3) is 4.15. The summed E-state index contributed by atoms with van der Waals surface area (Å²) in [4.78, 5) is 17.6. The van der Waals surface area contributed by atoms with Crippen LogP contribution in [0.2, 0.25) is 0 Å². The van der Waals surface area contributed by atoms with E-state index >= 15 is 0 Å². The van der Waals surface area contributed by atoms with E-state index in [-0.39, 0.29) is 11.9 Å². The zero-order valence-electron chi connectivity index (χ0n) is 10.8. The van der Waals surface area contributed by atoms with E-state index in [1.165, 1.54) is 0 Å². The summed E-state index contributed by atoms with van der Waals surface area (Å²) < 4.78 is 0. The molecule has 0 aliphatic heterocycles. The number of pyridine rings is 1. The van der Waals surface area contributed by atoms with E-state index in [0.717, 1.165) is 6.42 Å². The smallest absolute Gasteiger partial charge is 0.255 e. The Morgan fingerprint density at radius 1 is 1.53 bits per heavy atom. The second-order valence-electron chi connectivity index (χ2n) is 4.66. The average molecular weight is 235 g/mol. The third-order valence-electron chi connectivity index (χ3n) is 2.91. The van der Waals surface area contributed by atoms with Gasteiger partial charge in [0.1, 0.15) is 0 Å². The SMILES string of the molecule is CC(C)C(N)CCN(C)C(=O)c1cccnc1. The van der Waals surface area contributed by atoms with Crippen molar-refractivity contribution in [1.82, 2.24) is 9.88 Å². The van der Waals surface area contributed by atoms with Gasteiger partial charge in [-0.25, -0.2) is 0 Å². The van der Waals surface area contributed by atoms with E-state index in [0.29, 0.717) is 18.0 Å². The van der Waals surface area contributed by atoms with Crippen molar-refractivity contribution >= 4 is 5.91 Å². The van der Waals surface area contributed by atoms with Crippen molar-refractivity contribution in [3.63, 3.8) is 0 Å². The summed E-state index contributed by atoms with van der Waals surface area (Å²) in [5.41, 5.74) is 6.57. The Balaban J connectivity index is 2.48. The molecule has 94 valence electrons. The second-order valence-corrected chi connectivity index (χ2v) is 4.66. The van der Waals surface area contributed by atoms with Crippen LogP contribution in [-0.4, -0.2) is 35.4 Å². The van der Waals surface area contributed by atoms with Crippen molar-refractivity contribution in [2.75, 3.05) is 13.6 Å². The van der Waals surface area contributed by atoms with Crippen LogP contribution in [0.5, 0.6) is 0 Å². The Kier molecular flexibility index (Phi) is 5.10. The summed E-state index contributed by atoms with van der Waals surface area (Å²) >= 11 is 0. The van der Waals surface area contributed by atoms with Gasteiger partial charge in [0.2, 0.25) is 0 Å². The van der Waals surface area contributed by atoms with Gasteiger partial charge in [-0.05, 0) is 24.5 Å². The molecule has 0 fully saturated rings. The van der Waals surface area contributed by atoms with Crippen molar-refractivity contribution in [2.24, 2.45) is 11.7 Å². The molecule has 0 aromatic carbocycles. The van der Waals surface area contributed by atoms with Gasteiger partial charge in [-0.2, -0.15) is 0 Å². The Morgan fingerprint density at radius 3 is 2.76 bits per heavy atom. The second kappa shape index (κ2) is 6.35. The third-order valence-corrected chi connectivity index (χ3v) is 2.91. The van der Waals surface area contributed by atoms with Gasteiger partial charge in [-0.1, -0.05) is 13.8 Å². The number of hydrogen-bond donors (Lipinski definition) is 1. The minimum atomic E-state index is -0.00550. The number of carbonyl (C=O) groups is 1. The zero-order valence-corrected chi connectivity index (χ0v) is 10.8. The van der Waals surface area contributed by atoms with E-state index in [1.54, 1.807) is 36.5 Å². The highest BCUT2D eigenvalue weighted by Gasteiger charge is 2.14. The van der Waals surface area contributed by atoms with Crippen molar-refractivity contribution in [1.29, 1.82) is 0 Å². The van der Waals surface area contributed by atoms with E-state index in [2.05, 4.69) is 18.8 Å². The van der Waals surface area contributed by atoms with E-state index in [9.17, 15) is 4.79 Å². The molecule has 0 saturated heterocycles. The Morgan fingerprint density at radius 2 is 2.24 bits per heavy atom. The molecule has 4 nitrogen and oxygen atoms in total. The van der Waals surface area contributed by atoms with Gasteiger partial charge in [-0.15, -0.1) is 0 Å². The molecule has 0 saturated carbocycles. The largest absolute Gasteiger partial charge is 0.342 e. The lowest BCUT2D eigenvalue weighted by molar-refractivity contribution is 0.0789. The predicted octanol–water partition coefficient (Wildman–Crippen LogP) is 1.53. The molecule has 1 heterocycles. The molecule has 0 radical (unpaired) electrons. The lowest BCUT2D eigenvalue weighted by Gasteiger charge is -2.21. The number of hydrogen-bond acceptors (Lipinski definition) is 3. The van der Waals surface area contributed by atoms with Gasteiger partial charge in [0.25, 0.3) is 5.91 Å². The molecule has 0 bridgehead atoms. The summed E-state index contributed by atoms with van der Waals surface area (Å²) in [7, 11) is 1.79. The van der Waals surface area contributed by atoms with Crippen LogP contribution in [-0.2, 0) is 0 Å². The van der Waals surface area contributed by atoms with Gasteiger partial charge in [0, 0.05) is 32.0 Å². The summed E-state index contributed by atoms with van der Waals surface area (Å²) in [6.45, 7) is 4.86. The summed E-state index contributed by atoms with van der Waals surface area (Å²) in [5.74, 6) is 0.436. The maximum atomic E-state index is 12.0. The molecule has 1 unspecified atom stereocenters. The highest BCUT2D eigenvalue weighted by molar-refractivity contribution is 5.93. The Labute approximate surface area is 103 Å². The maximum absolute atomic E-state index is 12.0. The molecule has 17 heavy (non-hydrogen) atoms. The van der Waals surface area contributed by atoms with Crippen LogP contribution in [0.3, 0.4) is 0 Å². The summed E-state index contributed by atoms with van der Waals surface area (Å²) in [6.07, 6.45) is 4.06. The van der Waals surface area contributed by atoms with Gasteiger partial charge in [0.05, 0.1) is 5.56 Å². The van der Waals surface area contributed by atoms with Crippen molar-refractivity contribution in [3.05, 3.63) is 30.1 Å². The molecular weight excluding hydrogens is 214 g/mol. The lowest BCUT2D eigenvalue weighted by atomic mass is 10.0. The summed E-state index contributed by atoms with van der Waals surface area (Å²) in [6, 6.07) is 3.67. The lowest BCUT2D eigenvalue weighted by Crippen LogP contribution is -2.34. The molecule has 1 rings (SSSR count). The Hall–Kier alpha value is -1.42. The fourth-order valence-corrected chi connectivity index (χ4v) is 1.49. The van der Waals surface area contributed by atoms with Crippen LogP contribution < -0.4 is 5.73 Å². The molecule has 4 heteroatoms.